The first-order valence-corrected chi connectivity index (χ1v) is 6.15. The molecule has 1 aromatic carbocycles. The number of aliphatic carboxylic acids is 1. The number of hydrogen-bond acceptors (Lipinski definition) is 2. The van der Waals surface area contributed by atoms with Crippen LogP contribution in [0.5, 0.6) is 0 Å². The standard InChI is InChI=1S/C14H18O3/c15-14(16)9-8-12-6-7-13(17-12)10-11-4-2-1-3-5-11/h1-5,12-13H,6-10H2,(H,15,16). The Morgan fingerprint density at radius 3 is 2.65 bits per heavy atom. The zero-order valence-corrected chi connectivity index (χ0v) is 9.84. The predicted molar refractivity (Wildman–Crippen MR) is 64.9 cm³/mol. The monoisotopic (exact) mass is 234 g/mol. The van der Waals surface area contributed by atoms with Crippen molar-refractivity contribution in [2.75, 3.05) is 0 Å². The Morgan fingerprint density at radius 1 is 1.24 bits per heavy atom. The number of benzene rings is 1. The minimum absolute atomic E-state index is 0.139. The van der Waals surface area contributed by atoms with Gasteiger partial charge in [0.25, 0.3) is 0 Å². The highest BCUT2D eigenvalue weighted by Crippen LogP contribution is 2.25. The molecule has 0 bridgehead atoms. The number of rotatable bonds is 5. The topological polar surface area (TPSA) is 46.5 Å². The summed E-state index contributed by atoms with van der Waals surface area (Å²) in [4.78, 5) is 10.5. The Balaban J connectivity index is 1.76. The van der Waals surface area contributed by atoms with E-state index in [1.807, 2.05) is 18.2 Å². The fraction of sp³-hybridized carbons (Fsp3) is 0.500. The molecular weight excluding hydrogens is 216 g/mol. The Hall–Kier alpha value is -1.35. The SMILES string of the molecule is O=C(O)CCC1CCC(Cc2ccccc2)O1. The Bertz CT molecular complexity index is 361. The molecule has 17 heavy (non-hydrogen) atoms. The summed E-state index contributed by atoms with van der Waals surface area (Å²) in [5, 5.41) is 8.62. The van der Waals surface area contributed by atoms with Gasteiger partial charge in [-0.1, -0.05) is 30.3 Å². The lowest BCUT2D eigenvalue weighted by atomic mass is 10.0. The van der Waals surface area contributed by atoms with Gasteiger partial charge in [-0.15, -0.1) is 0 Å². The van der Waals surface area contributed by atoms with E-state index in [-0.39, 0.29) is 18.6 Å². The van der Waals surface area contributed by atoms with Crippen LogP contribution in [0, 0.1) is 0 Å². The summed E-state index contributed by atoms with van der Waals surface area (Å²) in [7, 11) is 0. The summed E-state index contributed by atoms with van der Waals surface area (Å²) in [5.74, 6) is -0.736. The van der Waals surface area contributed by atoms with Gasteiger partial charge in [0, 0.05) is 6.42 Å². The van der Waals surface area contributed by atoms with Crippen LogP contribution in [0.3, 0.4) is 0 Å². The van der Waals surface area contributed by atoms with E-state index in [1.54, 1.807) is 0 Å². The van der Waals surface area contributed by atoms with Crippen molar-refractivity contribution in [2.24, 2.45) is 0 Å². The number of carbonyl (C=O) groups is 1. The lowest BCUT2D eigenvalue weighted by molar-refractivity contribution is -0.137. The molecule has 3 nitrogen and oxygen atoms in total. The highest BCUT2D eigenvalue weighted by molar-refractivity contribution is 5.66. The molecule has 1 aromatic rings. The molecule has 1 saturated heterocycles. The minimum atomic E-state index is -0.736. The van der Waals surface area contributed by atoms with Gasteiger partial charge >= 0.3 is 5.97 Å². The molecule has 1 N–H and O–H groups in total. The van der Waals surface area contributed by atoms with E-state index in [2.05, 4.69) is 12.1 Å². The first kappa shape index (κ1) is 12.1. The van der Waals surface area contributed by atoms with Crippen LogP contribution in [-0.2, 0) is 16.0 Å². The van der Waals surface area contributed by atoms with Crippen LogP contribution in [0.25, 0.3) is 0 Å². The average Bonchev–Trinajstić information content (AvgIpc) is 2.75. The van der Waals surface area contributed by atoms with Crippen molar-refractivity contribution in [2.45, 2.75) is 44.3 Å². The van der Waals surface area contributed by atoms with Crippen LogP contribution in [0.2, 0.25) is 0 Å². The van der Waals surface area contributed by atoms with Crippen molar-refractivity contribution in [1.29, 1.82) is 0 Å². The van der Waals surface area contributed by atoms with Gasteiger partial charge in [0.2, 0.25) is 0 Å². The van der Waals surface area contributed by atoms with Gasteiger partial charge in [0.05, 0.1) is 12.2 Å². The van der Waals surface area contributed by atoms with Gasteiger partial charge in [-0.25, -0.2) is 0 Å². The quantitative estimate of drug-likeness (QED) is 0.852. The van der Waals surface area contributed by atoms with Crippen LogP contribution in [0.1, 0.15) is 31.2 Å². The molecule has 0 aromatic heterocycles. The Kier molecular flexibility index (Phi) is 4.15. The predicted octanol–water partition coefficient (Wildman–Crippen LogP) is 2.64. The summed E-state index contributed by atoms with van der Waals surface area (Å²) in [6.45, 7) is 0. The van der Waals surface area contributed by atoms with Gasteiger partial charge in [0.15, 0.2) is 0 Å². The van der Waals surface area contributed by atoms with E-state index in [0.29, 0.717) is 6.42 Å². The van der Waals surface area contributed by atoms with Gasteiger partial charge in [-0.2, -0.15) is 0 Å². The highest BCUT2D eigenvalue weighted by atomic mass is 16.5. The lowest BCUT2D eigenvalue weighted by Crippen LogP contribution is -2.14. The molecular formula is C14H18O3. The van der Waals surface area contributed by atoms with Gasteiger partial charge in [-0.05, 0) is 31.2 Å². The number of carboxylic acid groups (broad SMARTS) is 1. The van der Waals surface area contributed by atoms with Crippen LogP contribution >= 0.6 is 0 Å². The normalized spacial score (nSPS) is 23.8. The molecule has 0 aliphatic carbocycles. The van der Waals surface area contributed by atoms with E-state index in [9.17, 15) is 4.79 Å². The molecule has 1 aliphatic rings. The van der Waals surface area contributed by atoms with Crippen LogP contribution in [-0.4, -0.2) is 23.3 Å². The van der Waals surface area contributed by atoms with E-state index in [1.165, 1.54) is 5.56 Å². The van der Waals surface area contributed by atoms with Crippen molar-refractivity contribution in [3.63, 3.8) is 0 Å². The summed E-state index contributed by atoms with van der Waals surface area (Å²) < 4.78 is 5.85. The molecule has 0 spiro atoms. The van der Waals surface area contributed by atoms with Gasteiger partial charge in [-0.3, -0.25) is 4.79 Å². The second kappa shape index (κ2) is 5.82. The van der Waals surface area contributed by atoms with E-state index in [0.717, 1.165) is 19.3 Å². The van der Waals surface area contributed by atoms with E-state index >= 15 is 0 Å². The molecule has 1 aliphatic heterocycles. The maximum absolute atomic E-state index is 10.5. The molecule has 2 atom stereocenters. The third-order valence-corrected chi connectivity index (χ3v) is 3.18. The highest BCUT2D eigenvalue weighted by Gasteiger charge is 2.25. The zero-order valence-electron chi connectivity index (χ0n) is 9.84. The largest absolute Gasteiger partial charge is 0.481 e. The van der Waals surface area contributed by atoms with E-state index < -0.39 is 5.97 Å². The number of carboxylic acids is 1. The fourth-order valence-corrected chi connectivity index (χ4v) is 2.30. The molecule has 0 amide bonds. The smallest absolute Gasteiger partial charge is 0.303 e. The van der Waals surface area contributed by atoms with Crippen molar-refractivity contribution in [1.82, 2.24) is 0 Å². The molecule has 0 saturated carbocycles. The summed E-state index contributed by atoms with van der Waals surface area (Å²) in [6.07, 6.45) is 4.22. The third-order valence-electron chi connectivity index (χ3n) is 3.18. The first-order chi connectivity index (χ1) is 8.24. The summed E-state index contributed by atoms with van der Waals surface area (Å²) >= 11 is 0. The maximum Gasteiger partial charge on any atom is 0.303 e. The van der Waals surface area contributed by atoms with Crippen molar-refractivity contribution in [3.05, 3.63) is 35.9 Å². The number of ether oxygens (including phenoxy) is 1. The zero-order chi connectivity index (χ0) is 12.1. The number of hydrogen-bond donors (Lipinski definition) is 1. The Morgan fingerprint density at radius 2 is 1.94 bits per heavy atom. The van der Waals surface area contributed by atoms with Crippen molar-refractivity contribution in [3.8, 4) is 0 Å². The van der Waals surface area contributed by atoms with E-state index in [4.69, 9.17) is 9.84 Å². The first-order valence-electron chi connectivity index (χ1n) is 6.15. The van der Waals surface area contributed by atoms with Crippen LogP contribution < -0.4 is 0 Å². The molecule has 3 heteroatoms. The molecule has 2 rings (SSSR count). The second-order valence-electron chi connectivity index (χ2n) is 4.58. The molecule has 2 unspecified atom stereocenters. The minimum Gasteiger partial charge on any atom is -0.481 e. The molecule has 1 heterocycles. The van der Waals surface area contributed by atoms with Gasteiger partial charge in [0.1, 0.15) is 0 Å². The summed E-state index contributed by atoms with van der Waals surface area (Å²) in [5.41, 5.74) is 1.29. The fourth-order valence-electron chi connectivity index (χ4n) is 2.30. The van der Waals surface area contributed by atoms with Crippen molar-refractivity contribution < 1.29 is 14.6 Å². The van der Waals surface area contributed by atoms with Gasteiger partial charge < -0.3 is 9.84 Å². The lowest BCUT2D eigenvalue weighted by Gasteiger charge is -2.13. The molecule has 92 valence electrons. The maximum atomic E-state index is 10.5. The Labute approximate surface area is 101 Å². The molecule has 1 fully saturated rings. The average molecular weight is 234 g/mol. The molecule has 0 radical (unpaired) electrons. The second-order valence-corrected chi connectivity index (χ2v) is 4.58. The summed E-state index contributed by atoms with van der Waals surface area (Å²) in [6, 6.07) is 10.3. The van der Waals surface area contributed by atoms with Crippen LogP contribution in [0.4, 0.5) is 0 Å². The van der Waals surface area contributed by atoms with Crippen LogP contribution in [0.15, 0.2) is 30.3 Å². The van der Waals surface area contributed by atoms with Crippen molar-refractivity contribution >= 4 is 5.97 Å². The third kappa shape index (κ3) is 3.86.